The molecule has 20 heavy (non-hydrogen) atoms. The Hall–Kier alpha value is -2.15. The van der Waals surface area contributed by atoms with Crippen molar-refractivity contribution in [2.75, 3.05) is 0 Å². The summed E-state index contributed by atoms with van der Waals surface area (Å²) in [6, 6.07) is 5.41. The molecule has 0 aliphatic carbocycles. The minimum Gasteiger partial charge on any atom is -0.351 e. The lowest BCUT2D eigenvalue weighted by Crippen LogP contribution is -2.22. The van der Waals surface area contributed by atoms with Gasteiger partial charge in [0, 0.05) is 22.9 Å². The van der Waals surface area contributed by atoms with Gasteiger partial charge in [0.05, 0.1) is 17.9 Å². The number of fused-ring (bicyclic) bond motifs is 1. The fourth-order valence-corrected chi connectivity index (χ4v) is 2.18. The standard InChI is InChI=1S/C13H11BrN4O2/c1-8-4-11(20-17-8)13(19)15-5-10-7-18-6-9(14)2-3-12(18)16-10/h2-4,6-7H,5H2,1H3,(H,15,19). The minimum absolute atomic E-state index is 0.203. The molecule has 102 valence electrons. The summed E-state index contributed by atoms with van der Waals surface area (Å²) < 4.78 is 7.76. The third-order valence-electron chi connectivity index (χ3n) is 2.75. The van der Waals surface area contributed by atoms with Gasteiger partial charge in [-0.3, -0.25) is 4.79 Å². The topological polar surface area (TPSA) is 72.4 Å². The molecule has 0 aliphatic rings. The lowest BCUT2D eigenvalue weighted by Gasteiger charge is -1.98. The average molecular weight is 335 g/mol. The van der Waals surface area contributed by atoms with E-state index in [1.807, 2.05) is 28.9 Å². The fraction of sp³-hybridized carbons (Fsp3) is 0.154. The van der Waals surface area contributed by atoms with Crippen LogP contribution in [0.25, 0.3) is 5.65 Å². The molecular weight excluding hydrogens is 324 g/mol. The van der Waals surface area contributed by atoms with E-state index in [2.05, 4.69) is 31.4 Å². The monoisotopic (exact) mass is 334 g/mol. The number of carbonyl (C=O) groups excluding carboxylic acids is 1. The van der Waals surface area contributed by atoms with Crippen LogP contribution in [0.4, 0.5) is 0 Å². The minimum atomic E-state index is -0.302. The second-order valence-electron chi connectivity index (χ2n) is 4.36. The Kier molecular flexibility index (Phi) is 3.27. The molecule has 0 bridgehead atoms. The first kappa shape index (κ1) is 12.9. The molecule has 0 saturated carbocycles. The van der Waals surface area contributed by atoms with Gasteiger partial charge in [0.25, 0.3) is 5.91 Å². The lowest BCUT2D eigenvalue weighted by atomic mass is 10.3. The molecule has 1 N–H and O–H groups in total. The summed E-state index contributed by atoms with van der Waals surface area (Å²) in [5.74, 6) is -0.0992. The number of imidazole rings is 1. The van der Waals surface area contributed by atoms with E-state index in [4.69, 9.17) is 4.52 Å². The van der Waals surface area contributed by atoms with E-state index in [0.717, 1.165) is 15.8 Å². The molecule has 0 unspecified atom stereocenters. The molecule has 3 rings (SSSR count). The second kappa shape index (κ2) is 5.09. The van der Waals surface area contributed by atoms with Crippen molar-refractivity contribution in [2.45, 2.75) is 13.5 Å². The van der Waals surface area contributed by atoms with Crippen molar-refractivity contribution in [1.29, 1.82) is 0 Å². The molecule has 0 aliphatic heterocycles. The maximum atomic E-state index is 11.8. The maximum absolute atomic E-state index is 11.8. The Balaban J connectivity index is 1.72. The van der Waals surface area contributed by atoms with Gasteiger partial charge in [-0.15, -0.1) is 0 Å². The highest BCUT2D eigenvalue weighted by molar-refractivity contribution is 9.10. The molecule has 6 nitrogen and oxygen atoms in total. The van der Waals surface area contributed by atoms with Gasteiger partial charge in [0.1, 0.15) is 5.65 Å². The maximum Gasteiger partial charge on any atom is 0.290 e. The molecule has 3 aromatic rings. The Morgan fingerprint density at radius 3 is 3.05 bits per heavy atom. The number of aryl methyl sites for hydroxylation is 1. The fourth-order valence-electron chi connectivity index (χ4n) is 1.83. The van der Waals surface area contributed by atoms with Crippen molar-refractivity contribution in [3.8, 4) is 0 Å². The number of carbonyl (C=O) groups is 1. The molecule has 3 heterocycles. The normalized spacial score (nSPS) is 10.9. The van der Waals surface area contributed by atoms with Crippen LogP contribution < -0.4 is 5.32 Å². The quantitative estimate of drug-likeness (QED) is 0.797. The van der Waals surface area contributed by atoms with E-state index >= 15 is 0 Å². The number of nitrogens with zero attached hydrogens (tertiary/aromatic N) is 3. The summed E-state index contributed by atoms with van der Waals surface area (Å²) in [7, 11) is 0. The van der Waals surface area contributed by atoms with Crippen molar-refractivity contribution >= 4 is 27.5 Å². The average Bonchev–Trinajstić information content (AvgIpc) is 3.01. The molecular formula is C13H11BrN4O2. The Morgan fingerprint density at radius 2 is 2.30 bits per heavy atom. The van der Waals surface area contributed by atoms with E-state index in [0.29, 0.717) is 12.2 Å². The van der Waals surface area contributed by atoms with Crippen LogP contribution in [0.1, 0.15) is 21.9 Å². The van der Waals surface area contributed by atoms with Gasteiger partial charge in [-0.25, -0.2) is 4.98 Å². The van der Waals surface area contributed by atoms with Crippen molar-refractivity contribution < 1.29 is 9.32 Å². The van der Waals surface area contributed by atoms with Gasteiger partial charge in [-0.2, -0.15) is 0 Å². The predicted octanol–water partition coefficient (Wildman–Crippen LogP) is 2.32. The van der Waals surface area contributed by atoms with Gasteiger partial charge < -0.3 is 14.2 Å². The van der Waals surface area contributed by atoms with Gasteiger partial charge in [-0.1, -0.05) is 5.16 Å². The number of aromatic nitrogens is 3. The van der Waals surface area contributed by atoms with Crippen LogP contribution in [-0.2, 0) is 6.54 Å². The zero-order chi connectivity index (χ0) is 14.1. The van der Waals surface area contributed by atoms with Crippen molar-refractivity contribution in [3.05, 3.63) is 52.2 Å². The first-order valence-electron chi connectivity index (χ1n) is 5.96. The van der Waals surface area contributed by atoms with Gasteiger partial charge in [-0.05, 0) is 35.0 Å². The molecule has 0 saturated heterocycles. The van der Waals surface area contributed by atoms with Crippen LogP contribution in [0.2, 0.25) is 0 Å². The van der Waals surface area contributed by atoms with E-state index in [1.54, 1.807) is 13.0 Å². The van der Waals surface area contributed by atoms with Crippen molar-refractivity contribution in [2.24, 2.45) is 0 Å². The summed E-state index contributed by atoms with van der Waals surface area (Å²) in [6.07, 6.45) is 3.78. The lowest BCUT2D eigenvalue weighted by molar-refractivity contribution is 0.0913. The number of hydrogen-bond acceptors (Lipinski definition) is 4. The summed E-state index contributed by atoms with van der Waals surface area (Å²) in [6.45, 7) is 2.10. The summed E-state index contributed by atoms with van der Waals surface area (Å²) in [5.41, 5.74) is 2.27. The van der Waals surface area contributed by atoms with Gasteiger partial charge in [0.2, 0.25) is 5.76 Å². The smallest absolute Gasteiger partial charge is 0.290 e. The van der Waals surface area contributed by atoms with Crippen LogP contribution in [0.3, 0.4) is 0 Å². The highest BCUT2D eigenvalue weighted by Crippen LogP contribution is 2.12. The number of nitrogens with one attached hydrogen (secondary N) is 1. The van der Waals surface area contributed by atoms with E-state index in [9.17, 15) is 4.79 Å². The molecule has 0 radical (unpaired) electrons. The molecule has 1 amide bonds. The SMILES string of the molecule is Cc1cc(C(=O)NCc2cn3cc(Br)ccc3n2)on1. The molecule has 0 fully saturated rings. The van der Waals surface area contributed by atoms with Crippen molar-refractivity contribution in [1.82, 2.24) is 19.9 Å². The number of amides is 1. The third kappa shape index (κ3) is 2.57. The van der Waals surface area contributed by atoms with E-state index < -0.39 is 0 Å². The second-order valence-corrected chi connectivity index (χ2v) is 5.28. The Bertz CT molecular complexity index is 778. The van der Waals surface area contributed by atoms with Crippen LogP contribution in [0, 0.1) is 6.92 Å². The molecule has 7 heteroatoms. The third-order valence-corrected chi connectivity index (χ3v) is 3.22. The van der Waals surface area contributed by atoms with Gasteiger partial charge >= 0.3 is 0 Å². The first-order valence-corrected chi connectivity index (χ1v) is 6.76. The number of hydrogen-bond donors (Lipinski definition) is 1. The Morgan fingerprint density at radius 1 is 1.45 bits per heavy atom. The summed E-state index contributed by atoms with van der Waals surface area (Å²) in [4.78, 5) is 16.2. The highest BCUT2D eigenvalue weighted by Gasteiger charge is 2.11. The zero-order valence-corrected chi connectivity index (χ0v) is 12.2. The first-order chi connectivity index (χ1) is 9.61. The predicted molar refractivity (Wildman–Crippen MR) is 75.3 cm³/mol. The van der Waals surface area contributed by atoms with Gasteiger partial charge in [0.15, 0.2) is 0 Å². The number of halogens is 1. The van der Waals surface area contributed by atoms with E-state index in [-0.39, 0.29) is 11.7 Å². The molecule has 0 spiro atoms. The highest BCUT2D eigenvalue weighted by atomic mass is 79.9. The van der Waals surface area contributed by atoms with Crippen LogP contribution in [0.5, 0.6) is 0 Å². The number of pyridine rings is 1. The van der Waals surface area contributed by atoms with Crippen molar-refractivity contribution in [3.63, 3.8) is 0 Å². The largest absolute Gasteiger partial charge is 0.351 e. The summed E-state index contributed by atoms with van der Waals surface area (Å²) in [5, 5.41) is 6.42. The summed E-state index contributed by atoms with van der Waals surface area (Å²) >= 11 is 3.40. The molecule has 0 atom stereocenters. The molecule has 3 aromatic heterocycles. The number of rotatable bonds is 3. The molecule has 0 aromatic carbocycles. The van der Waals surface area contributed by atoms with Crippen LogP contribution in [-0.4, -0.2) is 20.4 Å². The zero-order valence-electron chi connectivity index (χ0n) is 10.6. The van der Waals surface area contributed by atoms with Crippen LogP contribution in [0.15, 0.2) is 39.6 Å². The van der Waals surface area contributed by atoms with Crippen LogP contribution >= 0.6 is 15.9 Å². The Labute approximate surface area is 122 Å². The van der Waals surface area contributed by atoms with E-state index in [1.165, 1.54) is 0 Å².